The van der Waals surface area contributed by atoms with E-state index in [0.29, 0.717) is 81.8 Å². The van der Waals surface area contributed by atoms with Crippen molar-refractivity contribution >= 4 is 57.0 Å². The lowest BCUT2D eigenvalue weighted by molar-refractivity contribution is -0.131. The maximum absolute atomic E-state index is 14.2. The van der Waals surface area contributed by atoms with Gasteiger partial charge in [-0.25, -0.2) is 9.78 Å². The van der Waals surface area contributed by atoms with E-state index in [1.54, 1.807) is 26.8 Å². The fourth-order valence-electron chi connectivity index (χ4n) is 10.5. The molecule has 2 aliphatic heterocycles. The molecule has 0 radical (unpaired) electrons. The highest BCUT2D eigenvalue weighted by Crippen LogP contribution is 2.46. The minimum absolute atomic E-state index is 0.00472. The molecule has 3 aromatic carbocycles. The number of nitrogens with zero attached hydrogens (tertiary/aromatic N) is 5. The van der Waals surface area contributed by atoms with Crippen molar-refractivity contribution < 1.29 is 23.9 Å². The van der Waals surface area contributed by atoms with Crippen molar-refractivity contribution in [2.75, 3.05) is 56.4 Å². The quantitative estimate of drug-likeness (QED) is 0.0908. The Hall–Kier alpha value is -6.46. The van der Waals surface area contributed by atoms with Crippen LogP contribution in [-0.4, -0.2) is 107 Å². The van der Waals surface area contributed by atoms with E-state index in [2.05, 4.69) is 83.2 Å². The zero-order valence-electron chi connectivity index (χ0n) is 41.0. The maximum atomic E-state index is 14.2. The summed E-state index contributed by atoms with van der Waals surface area (Å²) in [5, 5.41) is 17.5. The van der Waals surface area contributed by atoms with Gasteiger partial charge in [-0.1, -0.05) is 58.9 Å². The summed E-state index contributed by atoms with van der Waals surface area (Å²) in [5.74, 6) is 0.352. The number of nitrogens with two attached hydrogens (primary N) is 1. The molecule has 2 fully saturated rings. The summed E-state index contributed by atoms with van der Waals surface area (Å²) in [4.78, 5) is 69.5. The van der Waals surface area contributed by atoms with E-state index in [9.17, 15) is 24.4 Å². The molecule has 5 N–H and O–H groups in total. The fourth-order valence-corrected chi connectivity index (χ4v) is 10.5. The number of nitrogens with one attached hydrogen (secondary N) is 3. The van der Waals surface area contributed by atoms with Crippen molar-refractivity contribution in [3.05, 3.63) is 99.7 Å². The Morgan fingerprint density at radius 1 is 1.00 bits per heavy atom. The maximum Gasteiger partial charge on any atom is 0.408 e. The molecule has 0 saturated carbocycles. The monoisotopic (exact) mass is 922 g/mol. The van der Waals surface area contributed by atoms with Gasteiger partial charge in [-0.15, -0.1) is 0 Å². The summed E-state index contributed by atoms with van der Waals surface area (Å²) < 4.78 is 5.55. The molecule has 0 bridgehead atoms. The number of hydrogen-bond donors (Lipinski definition) is 4. The Bertz CT molecular complexity index is 2810. The van der Waals surface area contributed by atoms with Crippen molar-refractivity contribution in [2.24, 2.45) is 5.41 Å². The molecule has 8 rings (SSSR count). The van der Waals surface area contributed by atoms with Gasteiger partial charge < -0.3 is 40.8 Å². The molecule has 1 aliphatic carbocycles. The average molecular weight is 922 g/mol. The number of ether oxygens (including phenoxy) is 1. The van der Waals surface area contributed by atoms with E-state index in [1.165, 1.54) is 0 Å². The minimum atomic E-state index is -0.812. The van der Waals surface area contributed by atoms with Gasteiger partial charge in [0.1, 0.15) is 17.5 Å². The van der Waals surface area contributed by atoms with Crippen molar-refractivity contribution in [3.8, 4) is 6.07 Å². The number of aromatic amines is 1. The Labute approximate surface area is 400 Å². The van der Waals surface area contributed by atoms with Crippen LogP contribution in [0.1, 0.15) is 125 Å². The zero-order chi connectivity index (χ0) is 48.7. The number of H-pyrrole nitrogens is 1. The first kappa shape index (κ1) is 48.0. The van der Waals surface area contributed by atoms with Crippen LogP contribution in [0, 0.1) is 16.7 Å². The predicted molar refractivity (Wildman–Crippen MR) is 267 cm³/mol. The molecule has 2 saturated heterocycles. The number of hydrogen-bond acceptors (Lipinski definition) is 10. The molecule has 3 aliphatic rings. The number of nitrogen functional groups attached to an aromatic ring is 1. The summed E-state index contributed by atoms with van der Waals surface area (Å²) in [6.45, 7) is 20.8. The Kier molecular flexibility index (Phi) is 13.3. The number of carbonyl (C=O) groups is 4. The molecule has 0 spiro atoms. The van der Waals surface area contributed by atoms with Crippen LogP contribution in [0.3, 0.4) is 0 Å². The highest BCUT2D eigenvalue weighted by molar-refractivity contribution is 6.20. The third-order valence-corrected chi connectivity index (χ3v) is 14.2. The molecule has 358 valence electrons. The van der Waals surface area contributed by atoms with Crippen LogP contribution in [0.25, 0.3) is 21.8 Å². The molecule has 68 heavy (non-hydrogen) atoms. The minimum Gasteiger partial charge on any atom is -0.444 e. The van der Waals surface area contributed by atoms with Gasteiger partial charge in [0.2, 0.25) is 11.8 Å². The molecular formula is C54H67N9O5. The predicted octanol–water partition coefficient (Wildman–Crippen LogP) is 7.77. The van der Waals surface area contributed by atoms with Gasteiger partial charge in [0.15, 0.2) is 5.78 Å². The fraction of sp³-hybridized carbons (Fsp3) is 0.481. The van der Waals surface area contributed by atoms with Crippen molar-refractivity contribution in [1.82, 2.24) is 30.4 Å². The SMILES string of the molecule is CCc1cc2c(cc1N1CCN(C(=O)CCCN3C[C@H](NC(=O)[C@H](CCCc4cc5ccccc5nc4N)NC(=O)OC(C)(C)C)C(C)(C)C3)CC1)C(C)(C)c1[nH]c3cc(C#N)ccc3c1C2=O. The van der Waals surface area contributed by atoms with E-state index >= 15 is 0 Å². The number of aryl methyl sites for hydroxylation is 2. The number of likely N-dealkylation sites (tertiary alicyclic amines) is 1. The molecule has 4 heterocycles. The van der Waals surface area contributed by atoms with Crippen LogP contribution in [0.4, 0.5) is 16.3 Å². The number of amides is 3. The smallest absolute Gasteiger partial charge is 0.408 e. The number of carbonyl (C=O) groups excluding carboxylic acids is 4. The number of pyridine rings is 1. The lowest BCUT2D eigenvalue weighted by atomic mass is 9.70. The highest BCUT2D eigenvalue weighted by Gasteiger charge is 2.42. The van der Waals surface area contributed by atoms with Crippen LogP contribution in [0.5, 0.6) is 0 Å². The second-order valence-electron chi connectivity index (χ2n) is 21.2. The number of ketones is 1. The van der Waals surface area contributed by atoms with Crippen molar-refractivity contribution in [2.45, 2.75) is 117 Å². The number of aromatic nitrogens is 2. The lowest BCUT2D eigenvalue weighted by Gasteiger charge is -2.39. The van der Waals surface area contributed by atoms with Crippen LogP contribution >= 0.6 is 0 Å². The van der Waals surface area contributed by atoms with E-state index in [4.69, 9.17) is 10.5 Å². The highest BCUT2D eigenvalue weighted by atomic mass is 16.6. The first-order valence-corrected chi connectivity index (χ1v) is 24.2. The topological polar surface area (TPSA) is 190 Å². The van der Waals surface area contributed by atoms with Crippen LogP contribution in [-0.2, 0) is 32.6 Å². The number of rotatable bonds is 13. The van der Waals surface area contributed by atoms with Gasteiger partial charge in [0.25, 0.3) is 0 Å². The van der Waals surface area contributed by atoms with Gasteiger partial charge in [-0.2, -0.15) is 5.26 Å². The molecule has 14 heteroatoms. The van der Waals surface area contributed by atoms with E-state index in [-0.39, 0.29) is 29.1 Å². The summed E-state index contributed by atoms with van der Waals surface area (Å²) in [6.07, 6.45) is 2.84. The Morgan fingerprint density at radius 2 is 1.75 bits per heavy atom. The number of para-hydroxylation sites is 1. The third kappa shape index (κ3) is 9.90. The van der Waals surface area contributed by atoms with Crippen LogP contribution < -0.4 is 21.3 Å². The summed E-state index contributed by atoms with van der Waals surface area (Å²) >= 11 is 0. The first-order valence-electron chi connectivity index (χ1n) is 24.2. The second kappa shape index (κ2) is 18.9. The normalized spacial score (nSPS) is 18.2. The van der Waals surface area contributed by atoms with Gasteiger partial charge in [-0.3, -0.25) is 14.4 Å². The first-order chi connectivity index (χ1) is 32.3. The summed E-state index contributed by atoms with van der Waals surface area (Å²) in [6, 6.07) is 20.8. The van der Waals surface area contributed by atoms with Gasteiger partial charge >= 0.3 is 6.09 Å². The van der Waals surface area contributed by atoms with Gasteiger partial charge in [0, 0.05) is 90.4 Å². The standard InChI is InChI=1S/C54H67N9O5/c1-9-34-28-38-39(54(7,8)48-46(47(38)65)37-20-19-33(30-55)26-42(37)57-48)29-43(34)62-22-24-63(25-23-62)45(64)18-13-21-61-31-44(53(5,6)32-61)60-50(66)41(59-51(67)68-52(2,3)4)17-12-15-36-27-35-14-10-11-16-40(35)58-49(36)56/h10-11,14,16,19-20,26-29,41,44,57H,9,12-13,15,17-18,21-25,31-32H2,1-8H3,(H2,56,58)(H,59,67)(H,60,66)/t41-,44-/m0/s1. The summed E-state index contributed by atoms with van der Waals surface area (Å²) in [5.41, 5.74) is 13.4. The molecule has 5 aromatic rings. The third-order valence-electron chi connectivity index (χ3n) is 14.2. The van der Waals surface area contributed by atoms with E-state index in [0.717, 1.165) is 75.0 Å². The number of piperazine rings is 1. The molecular weight excluding hydrogens is 855 g/mol. The van der Waals surface area contributed by atoms with E-state index < -0.39 is 23.2 Å². The molecule has 2 aromatic heterocycles. The van der Waals surface area contributed by atoms with Crippen LogP contribution in [0.15, 0.2) is 60.7 Å². The molecule has 14 nitrogen and oxygen atoms in total. The largest absolute Gasteiger partial charge is 0.444 e. The number of anilines is 2. The second-order valence-corrected chi connectivity index (χ2v) is 21.2. The van der Waals surface area contributed by atoms with Crippen molar-refractivity contribution in [3.63, 3.8) is 0 Å². The number of nitriles is 1. The Morgan fingerprint density at radius 3 is 2.47 bits per heavy atom. The zero-order valence-corrected chi connectivity index (χ0v) is 41.0. The Balaban J connectivity index is 0.845. The molecule has 0 unspecified atom stereocenters. The number of benzene rings is 3. The number of alkyl carbamates (subject to hydrolysis) is 1. The summed E-state index contributed by atoms with van der Waals surface area (Å²) in [7, 11) is 0. The molecule has 2 atom stereocenters. The van der Waals surface area contributed by atoms with E-state index in [1.807, 2.05) is 47.4 Å². The lowest BCUT2D eigenvalue weighted by Crippen LogP contribution is -2.53. The van der Waals surface area contributed by atoms with Crippen LogP contribution in [0.2, 0.25) is 0 Å². The number of fused-ring (bicyclic) bond motifs is 5. The van der Waals surface area contributed by atoms with Gasteiger partial charge in [0.05, 0.1) is 22.7 Å². The van der Waals surface area contributed by atoms with Gasteiger partial charge in [-0.05, 0) is 118 Å². The average Bonchev–Trinajstić information content (AvgIpc) is 3.83. The molecule has 3 amide bonds. The van der Waals surface area contributed by atoms with Crippen molar-refractivity contribution in [1.29, 1.82) is 5.26 Å².